The number of rotatable bonds is 8. The minimum Gasteiger partial charge on any atom is -0.493 e. The van der Waals surface area contributed by atoms with Crippen molar-refractivity contribution in [3.8, 4) is 11.5 Å². The molecule has 0 aliphatic heterocycles. The molecule has 3 rings (SSSR count). The van der Waals surface area contributed by atoms with Crippen LogP contribution in [0.3, 0.4) is 0 Å². The highest BCUT2D eigenvalue weighted by molar-refractivity contribution is 5.95. The monoisotopic (exact) mass is 367 g/mol. The molecule has 1 unspecified atom stereocenters. The van der Waals surface area contributed by atoms with Crippen LogP contribution in [0.4, 0.5) is 5.69 Å². The fourth-order valence-corrected chi connectivity index (χ4v) is 3.34. The topological polar surface area (TPSA) is 64.6 Å². The van der Waals surface area contributed by atoms with Gasteiger partial charge in [0.15, 0.2) is 17.3 Å². The number of carbonyl (C=O) groups is 2. The summed E-state index contributed by atoms with van der Waals surface area (Å²) in [5.74, 6) is 2.02. The first-order valence-electron chi connectivity index (χ1n) is 9.14. The number of amides is 1. The lowest BCUT2D eigenvalue weighted by Crippen LogP contribution is -2.17. The number of hydrogen-bond donors (Lipinski definition) is 1. The Balaban J connectivity index is 1.71. The second kappa shape index (κ2) is 8.25. The lowest BCUT2D eigenvalue weighted by molar-refractivity contribution is -0.116. The molecular formula is C22H25NO4. The number of benzene rings is 2. The SMILES string of the molecule is COc1ccc(C(CC(=O)Nc2ccc(C(C)=O)cc2)C2CC2)cc1OC. The van der Waals surface area contributed by atoms with Gasteiger partial charge in [-0.15, -0.1) is 0 Å². The van der Waals surface area contributed by atoms with Crippen LogP contribution < -0.4 is 14.8 Å². The summed E-state index contributed by atoms with van der Waals surface area (Å²) >= 11 is 0. The van der Waals surface area contributed by atoms with Crippen molar-refractivity contribution >= 4 is 17.4 Å². The van der Waals surface area contributed by atoms with Crippen LogP contribution in [0, 0.1) is 5.92 Å². The van der Waals surface area contributed by atoms with Gasteiger partial charge in [0.25, 0.3) is 0 Å². The van der Waals surface area contributed by atoms with Crippen molar-refractivity contribution in [3.05, 3.63) is 53.6 Å². The molecule has 1 fully saturated rings. The van der Waals surface area contributed by atoms with E-state index in [0.29, 0.717) is 35.1 Å². The third kappa shape index (κ3) is 4.67. The normalized spacial score (nSPS) is 14.3. The average Bonchev–Trinajstić information content (AvgIpc) is 3.51. The highest BCUT2D eigenvalue weighted by Crippen LogP contribution is 2.46. The molecule has 1 atom stereocenters. The summed E-state index contributed by atoms with van der Waals surface area (Å²) in [7, 11) is 3.23. The predicted molar refractivity (Wildman–Crippen MR) is 105 cm³/mol. The zero-order chi connectivity index (χ0) is 19.4. The summed E-state index contributed by atoms with van der Waals surface area (Å²) in [5.41, 5.74) is 2.43. The molecule has 1 saturated carbocycles. The quantitative estimate of drug-likeness (QED) is 0.701. The number of ether oxygens (including phenoxy) is 2. The number of nitrogens with one attached hydrogen (secondary N) is 1. The summed E-state index contributed by atoms with van der Waals surface area (Å²) in [5, 5.41) is 2.94. The third-order valence-corrected chi connectivity index (χ3v) is 5.01. The van der Waals surface area contributed by atoms with Gasteiger partial charge in [-0.05, 0) is 73.6 Å². The van der Waals surface area contributed by atoms with E-state index in [9.17, 15) is 9.59 Å². The van der Waals surface area contributed by atoms with Crippen molar-refractivity contribution in [1.29, 1.82) is 0 Å². The standard InChI is InChI=1S/C22H25NO4/c1-14(24)15-6-9-18(10-7-15)23-22(25)13-19(16-4-5-16)17-8-11-20(26-2)21(12-17)27-3/h6-12,16,19H,4-5,13H2,1-3H3,(H,23,25). The van der Waals surface area contributed by atoms with Gasteiger partial charge in [-0.1, -0.05) is 6.07 Å². The van der Waals surface area contributed by atoms with E-state index < -0.39 is 0 Å². The van der Waals surface area contributed by atoms with Crippen molar-refractivity contribution in [3.63, 3.8) is 0 Å². The molecule has 0 heterocycles. The van der Waals surface area contributed by atoms with Crippen LogP contribution in [-0.4, -0.2) is 25.9 Å². The molecule has 2 aromatic rings. The van der Waals surface area contributed by atoms with Crippen molar-refractivity contribution in [2.45, 2.75) is 32.1 Å². The molecular weight excluding hydrogens is 342 g/mol. The summed E-state index contributed by atoms with van der Waals surface area (Å²) in [6, 6.07) is 12.8. The zero-order valence-electron chi connectivity index (χ0n) is 16.0. The highest BCUT2D eigenvalue weighted by atomic mass is 16.5. The Labute approximate surface area is 159 Å². The van der Waals surface area contributed by atoms with Crippen LogP contribution in [0.1, 0.15) is 48.0 Å². The van der Waals surface area contributed by atoms with Crippen LogP contribution in [0.25, 0.3) is 0 Å². The molecule has 0 saturated heterocycles. The molecule has 27 heavy (non-hydrogen) atoms. The van der Waals surface area contributed by atoms with Gasteiger partial charge in [0.1, 0.15) is 0 Å². The number of anilines is 1. The maximum absolute atomic E-state index is 12.6. The largest absolute Gasteiger partial charge is 0.493 e. The molecule has 2 aromatic carbocycles. The predicted octanol–water partition coefficient (Wildman–Crippen LogP) is 4.43. The fourth-order valence-electron chi connectivity index (χ4n) is 3.34. The van der Waals surface area contributed by atoms with Crippen LogP contribution in [-0.2, 0) is 4.79 Å². The average molecular weight is 367 g/mol. The van der Waals surface area contributed by atoms with E-state index in [4.69, 9.17) is 9.47 Å². The number of ketones is 1. The minimum absolute atomic E-state index is 0.00938. The molecule has 0 bridgehead atoms. The lowest BCUT2D eigenvalue weighted by atomic mass is 9.90. The van der Waals surface area contributed by atoms with Gasteiger partial charge < -0.3 is 14.8 Å². The number of Topliss-reactive ketones (excluding diaryl/α,β-unsaturated/α-hetero) is 1. The van der Waals surface area contributed by atoms with Gasteiger partial charge in [0.05, 0.1) is 14.2 Å². The molecule has 0 aromatic heterocycles. The van der Waals surface area contributed by atoms with Crippen molar-refractivity contribution in [2.24, 2.45) is 5.92 Å². The zero-order valence-corrected chi connectivity index (χ0v) is 16.0. The van der Waals surface area contributed by atoms with Crippen molar-refractivity contribution < 1.29 is 19.1 Å². The molecule has 0 radical (unpaired) electrons. The Bertz CT molecular complexity index is 825. The third-order valence-electron chi connectivity index (χ3n) is 5.01. The molecule has 5 heteroatoms. The summed E-state index contributed by atoms with van der Waals surface area (Å²) < 4.78 is 10.7. The van der Waals surface area contributed by atoms with E-state index in [1.54, 1.807) is 38.5 Å². The van der Waals surface area contributed by atoms with Crippen LogP contribution in [0.2, 0.25) is 0 Å². The van der Waals surface area contributed by atoms with Crippen molar-refractivity contribution in [2.75, 3.05) is 19.5 Å². The number of methoxy groups -OCH3 is 2. The van der Waals surface area contributed by atoms with Gasteiger partial charge >= 0.3 is 0 Å². The van der Waals surface area contributed by atoms with E-state index in [0.717, 1.165) is 18.4 Å². The Morgan fingerprint density at radius 1 is 1.04 bits per heavy atom. The molecule has 0 spiro atoms. The second-order valence-electron chi connectivity index (χ2n) is 6.94. The molecule has 1 N–H and O–H groups in total. The van der Waals surface area contributed by atoms with E-state index in [1.807, 2.05) is 18.2 Å². The summed E-state index contributed by atoms with van der Waals surface area (Å²) in [6.07, 6.45) is 2.69. The first-order chi connectivity index (χ1) is 13.0. The molecule has 1 aliphatic carbocycles. The number of hydrogen-bond acceptors (Lipinski definition) is 4. The summed E-state index contributed by atoms with van der Waals surface area (Å²) in [6.45, 7) is 1.52. The Hall–Kier alpha value is -2.82. The summed E-state index contributed by atoms with van der Waals surface area (Å²) in [4.78, 5) is 23.9. The lowest BCUT2D eigenvalue weighted by Gasteiger charge is -2.18. The molecule has 142 valence electrons. The molecule has 1 amide bonds. The van der Waals surface area contributed by atoms with Gasteiger partial charge in [0.2, 0.25) is 5.91 Å². The second-order valence-corrected chi connectivity index (χ2v) is 6.94. The molecule has 5 nitrogen and oxygen atoms in total. The van der Waals surface area contributed by atoms with E-state index in [-0.39, 0.29) is 17.6 Å². The Morgan fingerprint density at radius 3 is 2.26 bits per heavy atom. The number of carbonyl (C=O) groups excluding carboxylic acids is 2. The minimum atomic E-state index is -0.0303. The van der Waals surface area contributed by atoms with E-state index in [1.165, 1.54) is 6.92 Å². The van der Waals surface area contributed by atoms with E-state index in [2.05, 4.69) is 5.32 Å². The highest BCUT2D eigenvalue weighted by Gasteiger charge is 2.34. The first-order valence-corrected chi connectivity index (χ1v) is 9.14. The maximum atomic E-state index is 12.6. The Morgan fingerprint density at radius 2 is 1.70 bits per heavy atom. The van der Waals surface area contributed by atoms with Crippen LogP contribution in [0.5, 0.6) is 11.5 Å². The Kier molecular flexibility index (Phi) is 5.79. The van der Waals surface area contributed by atoms with Gasteiger partial charge in [-0.3, -0.25) is 9.59 Å². The smallest absolute Gasteiger partial charge is 0.224 e. The van der Waals surface area contributed by atoms with Crippen molar-refractivity contribution in [1.82, 2.24) is 0 Å². The van der Waals surface area contributed by atoms with E-state index >= 15 is 0 Å². The fraction of sp³-hybridized carbons (Fsp3) is 0.364. The van der Waals surface area contributed by atoms with Gasteiger partial charge in [-0.2, -0.15) is 0 Å². The van der Waals surface area contributed by atoms with Crippen LogP contribution >= 0.6 is 0 Å². The maximum Gasteiger partial charge on any atom is 0.224 e. The first kappa shape index (κ1) is 19.0. The van der Waals surface area contributed by atoms with Gasteiger partial charge in [-0.25, -0.2) is 0 Å². The molecule has 1 aliphatic rings. The van der Waals surface area contributed by atoms with Crippen LogP contribution in [0.15, 0.2) is 42.5 Å². The van der Waals surface area contributed by atoms with Gasteiger partial charge in [0, 0.05) is 17.7 Å².